The summed E-state index contributed by atoms with van der Waals surface area (Å²) in [6, 6.07) is 8.08. The molecule has 0 spiro atoms. The summed E-state index contributed by atoms with van der Waals surface area (Å²) in [5.74, 6) is -1.25. The zero-order valence-corrected chi connectivity index (χ0v) is 14.7. The Morgan fingerprint density at radius 2 is 1.92 bits per heavy atom. The first-order valence-electron chi connectivity index (χ1n) is 7.10. The number of hydrogen-bond acceptors (Lipinski definition) is 5. The number of carbonyl (C=O) groups excluding carboxylic acids is 3. The van der Waals surface area contributed by atoms with Gasteiger partial charge < -0.3 is 10.1 Å². The number of amides is 1. The van der Waals surface area contributed by atoms with E-state index in [2.05, 4.69) is 26.2 Å². The second-order valence-corrected chi connectivity index (χ2v) is 5.98. The molecule has 0 bridgehead atoms. The van der Waals surface area contributed by atoms with Crippen molar-refractivity contribution in [2.45, 2.75) is 20.0 Å². The van der Waals surface area contributed by atoms with E-state index in [0.29, 0.717) is 15.7 Å². The molecule has 1 heterocycles. The number of nitrogens with one attached hydrogen (secondary N) is 1. The molecular weight excluding hydrogens is 376 g/mol. The largest absolute Gasteiger partial charge is 0.449 e. The molecule has 0 fully saturated rings. The number of halogens is 1. The van der Waals surface area contributed by atoms with Crippen molar-refractivity contribution in [2.24, 2.45) is 0 Å². The van der Waals surface area contributed by atoms with Crippen molar-refractivity contribution in [3.05, 3.63) is 58.3 Å². The normalized spacial score (nSPS) is 11.5. The monoisotopic (exact) mass is 390 g/mol. The molecule has 1 aromatic carbocycles. The van der Waals surface area contributed by atoms with Crippen molar-refractivity contribution >= 4 is 39.3 Å². The summed E-state index contributed by atoms with van der Waals surface area (Å²) < 4.78 is 5.76. The molecule has 124 valence electrons. The molecule has 0 saturated carbocycles. The van der Waals surface area contributed by atoms with Crippen LogP contribution in [0.5, 0.6) is 0 Å². The number of benzene rings is 1. The predicted octanol–water partition coefficient (Wildman–Crippen LogP) is 3.23. The molecule has 0 aliphatic carbocycles. The van der Waals surface area contributed by atoms with Crippen LogP contribution in [0, 0.1) is 0 Å². The van der Waals surface area contributed by atoms with E-state index in [4.69, 9.17) is 4.74 Å². The first-order chi connectivity index (χ1) is 11.4. The van der Waals surface area contributed by atoms with Crippen LogP contribution in [0.4, 0.5) is 5.69 Å². The third-order valence-corrected chi connectivity index (χ3v) is 3.56. The Morgan fingerprint density at radius 3 is 2.58 bits per heavy atom. The van der Waals surface area contributed by atoms with Gasteiger partial charge in [0.1, 0.15) is 0 Å². The first-order valence-corrected chi connectivity index (χ1v) is 7.89. The van der Waals surface area contributed by atoms with Gasteiger partial charge >= 0.3 is 5.97 Å². The molecule has 24 heavy (non-hydrogen) atoms. The molecule has 2 rings (SSSR count). The van der Waals surface area contributed by atoms with Gasteiger partial charge in [-0.05, 0) is 48.0 Å². The van der Waals surface area contributed by atoms with Gasteiger partial charge in [-0.15, -0.1) is 0 Å². The van der Waals surface area contributed by atoms with Crippen LogP contribution in [0.2, 0.25) is 0 Å². The second kappa shape index (κ2) is 7.83. The van der Waals surface area contributed by atoms with Gasteiger partial charge in [0.2, 0.25) is 0 Å². The fourth-order valence-electron chi connectivity index (χ4n) is 1.87. The van der Waals surface area contributed by atoms with Gasteiger partial charge in [-0.3, -0.25) is 14.6 Å². The van der Waals surface area contributed by atoms with Crippen molar-refractivity contribution in [2.75, 3.05) is 5.32 Å². The molecule has 6 nitrogen and oxygen atoms in total. The molecule has 0 saturated heterocycles. The number of aromatic nitrogens is 1. The molecule has 0 unspecified atom stereocenters. The molecule has 1 N–H and O–H groups in total. The van der Waals surface area contributed by atoms with Crippen LogP contribution in [0.1, 0.15) is 34.6 Å². The number of rotatable bonds is 5. The van der Waals surface area contributed by atoms with Crippen molar-refractivity contribution in [1.82, 2.24) is 4.98 Å². The minimum absolute atomic E-state index is 0.104. The molecule has 2 aromatic rings. The Balaban J connectivity index is 2.01. The number of ketones is 1. The zero-order chi connectivity index (χ0) is 17.7. The average Bonchev–Trinajstić information content (AvgIpc) is 2.54. The Kier molecular flexibility index (Phi) is 5.81. The Morgan fingerprint density at radius 1 is 1.17 bits per heavy atom. The molecule has 0 aliphatic rings. The van der Waals surface area contributed by atoms with Crippen LogP contribution in [0.25, 0.3) is 0 Å². The molecule has 1 atom stereocenters. The topological polar surface area (TPSA) is 85.4 Å². The number of hydrogen-bond donors (Lipinski definition) is 1. The summed E-state index contributed by atoms with van der Waals surface area (Å²) in [6.07, 6.45) is 1.89. The van der Waals surface area contributed by atoms with E-state index in [0.717, 1.165) is 0 Å². The molecule has 0 aliphatic heterocycles. The van der Waals surface area contributed by atoms with E-state index in [1.54, 1.807) is 30.3 Å². The summed E-state index contributed by atoms with van der Waals surface area (Å²) in [4.78, 5) is 39.4. The number of carbonyl (C=O) groups is 3. The van der Waals surface area contributed by atoms with Gasteiger partial charge in [0.05, 0.1) is 5.56 Å². The highest BCUT2D eigenvalue weighted by Crippen LogP contribution is 2.14. The van der Waals surface area contributed by atoms with Crippen LogP contribution in [-0.4, -0.2) is 28.7 Å². The summed E-state index contributed by atoms with van der Waals surface area (Å²) >= 11 is 3.21. The quantitative estimate of drug-likeness (QED) is 0.625. The van der Waals surface area contributed by atoms with Gasteiger partial charge in [-0.2, -0.15) is 0 Å². The number of Topliss-reactive ketones (excluding diaryl/α,β-unsaturated/α-hetero) is 1. The van der Waals surface area contributed by atoms with Crippen molar-refractivity contribution in [1.29, 1.82) is 0 Å². The Labute approximate surface area is 147 Å². The van der Waals surface area contributed by atoms with Crippen molar-refractivity contribution in [3.63, 3.8) is 0 Å². The number of esters is 1. The van der Waals surface area contributed by atoms with E-state index >= 15 is 0 Å². The summed E-state index contributed by atoms with van der Waals surface area (Å²) in [5.41, 5.74) is 1.18. The fraction of sp³-hybridized carbons (Fsp3) is 0.176. The van der Waals surface area contributed by atoms with E-state index in [-0.39, 0.29) is 11.3 Å². The van der Waals surface area contributed by atoms with Crippen molar-refractivity contribution < 1.29 is 19.1 Å². The number of pyridine rings is 1. The minimum Gasteiger partial charge on any atom is -0.449 e. The van der Waals surface area contributed by atoms with Crippen LogP contribution in [0.15, 0.2) is 47.2 Å². The lowest BCUT2D eigenvalue weighted by Crippen LogP contribution is -2.30. The lowest BCUT2D eigenvalue weighted by atomic mass is 10.1. The standard InChI is InChI=1S/C17H15BrN2O4/c1-10(21)12-4-3-5-15(7-12)20-16(22)11(2)24-17(23)13-6-14(18)9-19-8-13/h3-9,11H,1-2H3,(H,20,22)/t11-/m0/s1. The van der Waals surface area contributed by atoms with Gasteiger partial charge in [0.25, 0.3) is 5.91 Å². The van der Waals surface area contributed by atoms with Gasteiger partial charge in [0, 0.05) is 28.1 Å². The number of anilines is 1. The van der Waals surface area contributed by atoms with Gasteiger partial charge in [-0.1, -0.05) is 12.1 Å². The predicted molar refractivity (Wildman–Crippen MR) is 91.9 cm³/mol. The number of nitrogens with zero attached hydrogens (tertiary/aromatic N) is 1. The van der Waals surface area contributed by atoms with Crippen LogP contribution in [0.3, 0.4) is 0 Å². The SMILES string of the molecule is CC(=O)c1cccc(NC(=O)[C@H](C)OC(=O)c2cncc(Br)c2)c1. The maximum atomic E-state index is 12.1. The van der Waals surface area contributed by atoms with E-state index in [1.165, 1.54) is 26.2 Å². The van der Waals surface area contributed by atoms with E-state index in [1.807, 2.05) is 0 Å². The third kappa shape index (κ3) is 4.73. The minimum atomic E-state index is -1.00. The maximum Gasteiger partial charge on any atom is 0.340 e. The lowest BCUT2D eigenvalue weighted by Gasteiger charge is -2.14. The summed E-state index contributed by atoms with van der Waals surface area (Å²) in [6.45, 7) is 2.91. The van der Waals surface area contributed by atoms with Gasteiger partial charge in [-0.25, -0.2) is 4.79 Å². The maximum absolute atomic E-state index is 12.1. The molecular formula is C17H15BrN2O4. The highest BCUT2D eigenvalue weighted by atomic mass is 79.9. The lowest BCUT2D eigenvalue weighted by molar-refractivity contribution is -0.123. The highest BCUT2D eigenvalue weighted by molar-refractivity contribution is 9.10. The first kappa shape index (κ1) is 17.8. The smallest absolute Gasteiger partial charge is 0.340 e. The molecule has 7 heteroatoms. The summed E-state index contributed by atoms with van der Waals surface area (Å²) in [5, 5.41) is 2.61. The zero-order valence-electron chi connectivity index (χ0n) is 13.1. The molecule has 1 aromatic heterocycles. The van der Waals surface area contributed by atoms with Crippen molar-refractivity contribution in [3.8, 4) is 0 Å². The van der Waals surface area contributed by atoms with E-state index in [9.17, 15) is 14.4 Å². The van der Waals surface area contributed by atoms with Crippen LogP contribution < -0.4 is 5.32 Å². The Bertz CT molecular complexity index is 792. The summed E-state index contributed by atoms with van der Waals surface area (Å²) in [7, 11) is 0. The second-order valence-electron chi connectivity index (χ2n) is 5.07. The third-order valence-electron chi connectivity index (χ3n) is 3.13. The number of ether oxygens (including phenoxy) is 1. The van der Waals surface area contributed by atoms with Crippen LogP contribution in [-0.2, 0) is 9.53 Å². The molecule has 1 amide bonds. The molecule has 0 radical (unpaired) electrons. The Hall–Kier alpha value is -2.54. The average molecular weight is 391 g/mol. The van der Waals surface area contributed by atoms with Crippen LogP contribution >= 0.6 is 15.9 Å². The fourth-order valence-corrected chi connectivity index (χ4v) is 2.23. The van der Waals surface area contributed by atoms with E-state index < -0.39 is 18.0 Å². The van der Waals surface area contributed by atoms with Gasteiger partial charge in [0.15, 0.2) is 11.9 Å². The highest BCUT2D eigenvalue weighted by Gasteiger charge is 2.19.